The van der Waals surface area contributed by atoms with E-state index in [1.165, 1.54) is 6.92 Å². The van der Waals surface area contributed by atoms with Crippen LogP contribution >= 0.6 is 0 Å². The Morgan fingerprint density at radius 3 is 2.48 bits per heavy atom. The summed E-state index contributed by atoms with van der Waals surface area (Å²) < 4.78 is 0. The van der Waals surface area contributed by atoms with Gasteiger partial charge in [0, 0.05) is 24.3 Å². The van der Waals surface area contributed by atoms with Gasteiger partial charge in [0.25, 0.3) is 0 Å². The van der Waals surface area contributed by atoms with Gasteiger partial charge in [0.1, 0.15) is 6.42 Å². The molecule has 6 heteroatoms. The molecule has 114 valence electrons. The topological polar surface area (TPSA) is 78.5 Å². The molecule has 0 fully saturated rings. The van der Waals surface area contributed by atoms with Gasteiger partial charge in [-0.2, -0.15) is 0 Å². The van der Waals surface area contributed by atoms with E-state index < -0.39 is 5.91 Å². The highest BCUT2D eigenvalue weighted by Crippen LogP contribution is 2.11. The van der Waals surface area contributed by atoms with Gasteiger partial charge >= 0.3 is 0 Å². The lowest BCUT2D eigenvalue weighted by molar-refractivity contribution is -0.126. The third kappa shape index (κ3) is 6.67. The van der Waals surface area contributed by atoms with Crippen molar-refractivity contribution in [3.05, 3.63) is 29.8 Å². The van der Waals surface area contributed by atoms with Crippen LogP contribution in [0, 0.1) is 0 Å². The standard InChI is InChI=1S/C15H21N3O3/c1-11(19)12-5-4-6-13(9-12)17-15(21)10-14(20)16-7-8-18(2)3/h4-6,9H,7-8,10H2,1-3H3,(H,16,20)(H,17,21). The highest BCUT2D eigenvalue weighted by atomic mass is 16.2. The minimum absolute atomic E-state index is 0.0764. The number of carbonyl (C=O) groups is 3. The van der Waals surface area contributed by atoms with Crippen LogP contribution in [-0.2, 0) is 9.59 Å². The van der Waals surface area contributed by atoms with Crippen LogP contribution in [0.4, 0.5) is 5.69 Å². The zero-order valence-electron chi connectivity index (χ0n) is 12.6. The van der Waals surface area contributed by atoms with Gasteiger partial charge < -0.3 is 15.5 Å². The van der Waals surface area contributed by atoms with E-state index >= 15 is 0 Å². The van der Waals surface area contributed by atoms with E-state index in [0.29, 0.717) is 24.3 Å². The molecular weight excluding hydrogens is 270 g/mol. The highest BCUT2D eigenvalue weighted by molar-refractivity contribution is 6.04. The molecule has 0 saturated heterocycles. The zero-order valence-corrected chi connectivity index (χ0v) is 12.6. The van der Waals surface area contributed by atoms with E-state index in [1.54, 1.807) is 24.3 Å². The second kappa shape index (κ2) is 8.16. The number of hydrogen-bond acceptors (Lipinski definition) is 4. The van der Waals surface area contributed by atoms with E-state index in [-0.39, 0.29) is 18.1 Å². The Kier molecular flexibility index (Phi) is 6.55. The molecule has 0 aliphatic rings. The second-order valence-corrected chi connectivity index (χ2v) is 5.02. The largest absolute Gasteiger partial charge is 0.354 e. The van der Waals surface area contributed by atoms with Crippen LogP contribution in [0.15, 0.2) is 24.3 Å². The van der Waals surface area contributed by atoms with Gasteiger partial charge in [-0.1, -0.05) is 12.1 Å². The normalized spacial score (nSPS) is 10.3. The number of ketones is 1. The summed E-state index contributed by atoms with van der Waals surface area (Å²) in [5.74, 6) is -0.803. The van der Waals surface area contributed by atoms with Gasteiger partial charge in [0.05, 0.1) is 0 Å². The van der Waals surface area contributed by atoms with Crippen molar-refractivity contribution in [3.8, 4) is 0 Å². The lowest BCUT2D eigenvalue weighted by Crippen LogP contribution is -2.33. The van der Waals surface area contributed by atoms with Gasteiger partial charge in [-0.15, -0.1) is 0 Å². The van der Waals surface area contributed by atoms with Crippen molar-refractivity contribution in [3.63, 3.8) is 0 Å². The first-order valence-electron chi connectivity index (χ1n) is 6.71. The maximum absolute atomic E-state index is 11.7. The lowest BCUT2D eigenvalue weighted by Gasteiger charge is -2.10. The maximum atomic E-state index is 11.7. The third-order valence-electron chi connectivity index (χ3n) is 2.76. The Labute approximate surface area is 124 Å². The van der Waals surface area contributed by atoms with Crippen LogP contribution in [0.1, 0.15) is 23.7 Å². The first-order chi connectivity index (χ1) is 9.88. The Morgan fingerprint density at radius 1 is 1.14 bits per heavy atom. The molecule has 0 unspecified atom stereocenters. The molecule has 0 bridgehead atoms. The lowest BCUT2D eigenvalue weighted by atomic mass is 10.1. The van der Waals surface area contributed by atoms with Crippen molar-refractivity contribution >= 4 is 23.3 Å². The molecule has 0 atom stereocenters. The molecule has 0 saturated carbocycles. The van der Waals surface area contributed by atoms with Crippen LogP contribution in [0.25, 0.3) is 0 Å². The molecule has 6 nitrogen and oxygen atoms in total. The third-order valence-corrected chi connectivity index (χ3v) is 2.76. The number of Topliss-reactive ketones (excluding diaryl/α,β-unsaturated/α-hetero) is 1. The van der Waals surface area contributed by atoms with Crippen molar-refractivity contribution < 1.29 is 14.4 Å². The minimum Gasteiger partial charge on any atom is -0.354 e. The number of nitrogens with one attached hydrogen (secondary N) is 2. The fourth-order valence-electron chi connectivity index (χ4n) is 1.65. The van der Waals surface area contributed by atoms with Crippen LogP contribution in [0.2, 0.25) is 0 Å². The van der Waals surface area contributed by atoms with E-state index in [0.717, 1.165) is 0 Å². The fraction of sp³-hybridized carbons (Fsp3) is 0.400. The second-order valence-electron chi connectivity index (χ2n) is 5.02. The Balaban J connectivity index is 2.44. The predicted octanol–water partition coefficient (Wildman–Crippen LogP) is 0.896. The molecule has 2 amide bonds. The van der Waals surface area contributed by atoms with E-state index in [4.69, 9.17) is 0 Å². The molecule has 21 heavy (non-hydrogen) atoms. The number of hydrogen-bond donors (Lipinski definition) is 2. The zero-order chi connectivity index (χ0) is 15.8. The number of benzene rings is 1. The number of likely N-dealkylation sites (N-methyl/N-ethyl adjacent to an activating group) is 1. The van der Waals surface area contributed by atoms with Crippen molar-refractivity contribution in [1.29, 1.82) is 0 Å². The van der Waals surface area contributed by atoms with E-state index in [2.05, 4.69) is 10.6 Å². The van der Waals surface area contributed by atoms with Crippen LogP contribution in [-0.4, -0.2) is 49.7 Å². The minimum atomic E-state index is -0.405. The molecule has 0 radical (unpaired) electrons. The summed E-state index contributed by atoms with van der Waals surface area (Å²) in [5.41, 5.74) is 1.03. The van der Waals surface area contributed by atoms with Gasteiger partial charge in [0.15, 0.2) is 5.78 Å². The van der Waals surface area contributed by atoms with Crippen molar-refractivity contribution in [2.24, 2.45) is 0 Å². The van der Waals surface area contributed by atoms with Crippen molar-refractivity contribution in [1.82, 2.24) is 10.2 Å². The van der Waals surface area contributed by atoms with E-state index in [1.807, 2.05) is 19.0 Å². The predicted molar refractivity (Wildman–Crippen MR) is 81.3 cm³/mol. The number of anilines is 1. The summed E-state index contributed by atoms with van der Waals surface area (Å²) in [4.78, 5) is 36.5. The van der Waals surface area contributed by atoms with Crippen LogP contribution in [0.3, 0.4) is 0 Å². The summed E-state index contributed by atoms with van der Waals surface area (Å²) in [6, 6.07) is 6.62. The molecular formula is C15H21N3O3. The molecule has 0 aliphatic heterocycles. The quantitative estimate of drug-likeness (QED) is 0.578. The van der Waals surface area contributed by atoms with Gasteiger partial charge in [0.2, 0.25) is 11.8 Å². The SMILES string of the molecule is CC(=O)c1cccc(NC(=O)CC(=O)NCCN(C)C)c1. The Bertz CT molecular complexity index is 527. The Hall–Kier alpha value is -2.21. The summed E-state index contributed by atoms with van der Waals surface area (Å²) >= 11 is 0. The molecule has 1 aromatic rings. The number of rotatable bonds is 7. The van der Waals surface area contributed by atoms with Crippen LogP contribution < -0.4 is 10.6 Å². The molecule has 0 aliphatic carbocycles. The van der Waals surface area contributed by atoms with Crippen molar-refractivity contribution in [2.45, 2.75) is 13.3 Å². The number of nitrogens with zero attached hydrogens (tertiary/aromatic N) is 1. The maximum Gasteiger partial charge on any atom is 0.233 e. The molecule has 0 spiro atoms. The summed E-state index contributed by atoms with van der Waals surface area (Å²) in [6.45, 7) is 2.67. The number of carbonyl (C=O) groups excluding carboxylic acids is 3. The fourth-order valence-corrected chi connectivity index (χ4v) is 1.65. The van der Waals surface area contributed by atoms with Gasteiger partial charge in [-0.05, 0) is 33.2 Å². The average Bonchev–Trinajstić information content (AvgIpc) is 2.38. The van der Waals surface area contributed by atoms with E-state index in [9.17, 15) is 14.4 Å². The molecule has 1 rings (SSSR count). The summed E-state index contributed by atoms with van der Waals surface area (Å²) in [6.07, 6.45) is -0.238. The summed E-state index contributed by atoms with van der Waals surface area (Å²) in [5, 5.41) is 5.27. The molecule has 0 heterocycles. The van der Waals surface area contributed by atoms with Gasteiger partial charge in [-0.3, -0.25) is 14.4 Å². The van der Waals surface area contributed by atoms with Gasteiger partial charge in [-0.25, -0.2) is 0 Å². The monoisotopic (exact) mass is 291 g/mol. The highest BCUT2D eigenvalue weighted by Gasteiger charge is 2.10. The smallest absolute Gasteiger partial charge is 0.233 e. The summed E-state index contributed by atoms with van der Waals surface area (Å²) in [7, 11) is 3.81. The Morgan fingerprint density at radius 2 is 1.86 bits per heavy atom. The molecule has 0 aromatic heterocycles. The molecule has 2 N–H and O–H groups in total. The average molecular weight is 291 g/mol. The molecule has 1 aromatic carbocycles. The first-order valence-corrected chi connectivity index (χ1v) is 6.71. The van der Waals surface area contributed by atoms with Crippen molar-refractivity contribution in [2.75, 3.05) is 32.5 Å². The number of amides is 2. The first kappa shape index (κ1) is 16.8. The van der Waals surface area contributed by atoms with Crippen LogP contribution in [0.5, 0.6) is 0 Å².